The van der Waals surface area contributed by atoms with E-state index in [2.05, 4.69) is 0 Å². The average molecular weight is 306 g/mol. The highest BCUT2D eigenvalue weighted by molar-refractivity contribution is 5.78. The molecule has 1 aromatic rings. The Morgan fingerprint density at radius 3 is 2.68 bits per heavy atom. The van der Waals surface area contributed by atoms with Gasteiger partial charge in [0.15, 0.2) is 0 Å². The molecule has 3 heterocycles. The molecular weight excluding hydrogens is 282 g/mol. The normalized spacial score (nSPS) is 40.0. The first kappa shape index (κ1) is 11.2. The van der Waals surface area contributed by atoms with Gasteiger partial charge in [-0.25, -0.2) is 0 Å². The van der Waals surface area contributed by atoms with Gasteiger partial charge < -0.3 is 14.6 Å². The van der Waals surface area contributed by atoms with Crippen LogP contribution in [0.4, 0.5) is 0 Å². The number of esters is 1. The summed E-state index contributed by atoms with van der Waals surface area (Å²) in [5, 5.41) is 9.59. The minimum atomic E-state index is -2.15. The second-order valence-corrected chi connectivity index (χ2v) is 6.28. The highest BCUT2D eigenvalue weighted by Gasteiger charge is 2.62. The molecule has 3 aliphatic rings. The van der Waals surface area contributed by atoms with Crippen molar-refractivity contribution >= 4 is 5.97 Å². The second-order valence-electron chi connectivity index (χ2n) is 6.28. The standard InChI is InChI=1S/C17H21NO4/c1-18-13-7-11(8-14(18)16-15(13)22-16)21-17(20)12(9-19)10-5-3-2-4-6-10/h2-6,11-16,19H,7-9H2,1H3/t11?,12-,13-,14+,15+,16-/m1/s1/i1D3. The van der Waals surface area contributed by atoms with E-state index in [0.29, 0.717) is 18.4 Å². The maximum Gasteiger partial charge on any atom is 0.316 e. The van der Waals surface area contributed by atoms with E-state index < -0.39 is 18.9 Å². The summed E-state index contributed by atoms with van der Waals surface area (Å²) in [6.45, 7) is -2.48. The van der Waals surface area contributed by atoms with Crippen molar-refractivity contribution in [2.45, 2.75) is 49.2 Å². The fourth-order valence-corrected chi connectivity index (χ4v) is 3.79. The van der Waals surface area contributed by atoms with Gasteiger partial charge in [0.25, 0.3) is 0 Å². The molecule has 0 aliphatic carbocycles. The molecular formula is C17H21NO4. The summed E-state index contributed by atoms with van der Waals surface area (Å²) >= 11 is 0. The number of hydrogen-bond acceptors (Lipinski definition) is 5. The van der Waals surface area contributed by atoms with Crippen molar-refractivity contribution in [3.8, 4) is 0 Å². The monoisotopic (exact) mass is 306 g/mol. The first-order chi connectivity index (χ1) is 11.9. The Labute approximate surface area is 134 Å². The van der Waals surface area contributed by atoms with Gasteiger partial charge in [0.1, 0.15) is 24.2 Å². The Balaban J connectivity index is 1.44. The summed E-state index contributed by atoms with van der Waals surface area (Å²) in [6.07, 6.45) is 0.452. The molecule has 0 radical (unpaired) electrons. The van der Waals surface area contributed by atoms with Gasteiger partial charge in [-0.3, -0.25) is 9.69 Å². The van der Waals surface area contributed by atoms with Crippen LogP contribution in [0.15, 0.2) is 30.3 Å². The summed E-state index contributed by atoms with van der Waals surface area (Å²) in [6, 6.07) is 8.56. The molecule has 118 valence electrons. The Morgan fingerprint density at radius 2 is 2.09 bits per heavy atom. The van der Waals surface area contributed by atoms with Crippen molar-refractivity contribution in [1.29, 1.82) is 0 Å². The van der Waals surface area contributed by atoms with E-state index in [0.717, 1.165) is 0 Å². The molecule has 22 heavy (non-hydrogen) atoms. The van der Waals surface area contributed by atoms with Crippen LogP contribution in [-0.4, -0.2) is 60.0 Å². The Bertz CT molecular complexity index is 635. The van der Waals surface area contributed by atoms with Crippen molar-refractivity contribution in [2.24, 2.45) is 0 Å². The molecule has 0 aromatic heterocycles. The van der Waals surface area contributed by atoms with Crippen LogP contribution in [-0.2, 0) is 14.3 Å². The van der Waals surface area contributed by atoms with E-state index in [1.165, 1.54) is 0 Å². The van der Waals surface area contributed by atoms with Crippen molar-refractivity contribution in [2.75, 3.05) is 13.6 Å². The number of ether oxygens (including phenoxy) is 2. The average Bonchev–Trinajstić information content (AvgIpc) is 3.31. The van der Waals surface area contributed by atoms with Crippen molar-refractivity contribution in [3.05, 3.63) is 35.9 Å². The highest BCUT2D eigenvalue weighted by Crippen LogP contribution is 2.48. The number of aliphatic hydroxyl groups excluding tert-OH is 1. The molecule has 1 N–H and O–H groups in total. The SMILES string of the molecule is [2H]C([2H])([2H])N1[C@@H]2CC(OC(=O)[C@H](CO)c3ccccc3)C[C@H]1[C@H]1O[C@H]12. The highest BCUT2D eigenvalue weighted by atomic mass is 16.6. The van der Waals surface area contributed by atoms with E-state index in [9.17, 15) is 9.90 Å². The minimum Gasteiger partial charge on any atom is -0.462 e. The van der Waals surface area contributed by atoms with Gasteiger partial charge in [0.05, 0.1) is 6.61 Å². The lowest BCUT2D eigenvalue weighted by atomic mass is 9.97. The number of benzene rings is 1. The Morgan fingerprint density at radius 1 is 1.41 bits per heavy atom. The van der Waals surface area contributed by atoms with E-state index in [1.54, 1.807) is 17.0 Å². The third-order valence-electron chi connectivity index (χ3n) is 5.00. The third-order valence-corrected chi connectivity index (χ3v) is 5.00. The number of piperidine rings is 1. The minimum absolute atomic E-state index is 0.0584. The maximum absolute atomic E-state index is 12.5. The van der Waals surface area contributed by atoms with Crippen molar-refractivity contribution in [3.63, 3.8) is 0 Å². The summed E-state index contributed by atoms with van der Waals surface area (Å²) < 4.78 is 34.4. The van der Waals surface area contributed by atoms with Crippen LogP contribution in [0.5, 0.6) is 0 Å². The van der Waals surface area contributed by atoms with Gasteiger partial charge in [-0.05, 0) is 12.5 Å². The lowest BCUT2D eigenvalue weighted by Gasteiger charge is -2.38. The summed E-state index contributed by atoms with van der Waals surface area (Å²) in [5.74, 6) is -1.18. The molecule has 1 unspecified atom stereocenters. The maximum atomic E-state index is 12.5. The fraction of sp³-hybridized carbons (Fsp3) is 0.588. The number of likely N-dealkylation sites (N-methyl/N-ethyl adjacent to an activating group) is 1. The molecule has 4 rings (SSSR count). The zero-order chi connectivity index (χ0) is 17.8. The largest absolute Gasteiger partial charge is 0.462 e. The van der Waals surface area contributed by atoms with Crippen LogP contribution in [0.25, 0.3) is 0 Å². The molecule has 3 saturated heterocycles. The fourth-order valence-electron chi connectivity index (χ4n) is 3.79. The van der Waals surface area contributed by atoms with Crippen LogP contribution in [0, 0.1) is 0 Å². The third kappa shape index (κ3) is 2.24. The van der Waals surface area contributed by atoms with Crippen molar-refractivity contribution < 1.29 is 23.5 Å². The lowest BCUT2D eigenvalue weighted by molar-refractivity contribution is -0.156. The van der Waals surface area contributed by atoms with Gasteiger partial charge in [-0.2, -0.15) is 0 Å². The summed E-state index contributed by atoms with van der Waals surface area (Å²) in [7, 11) is 0. The molecule has 3 fully saturated rings. The van der Waals surface area contributed by atoms with Gasteiger partial charge in [-0.15, -0.1) is 0 Å². The number of fused-ring (bicyclic) bond motifs is 5. The van der Waals surface area contributed by atoms with Gasteiger partial charge in [-0.1, -0.05) is 30.3 Å². The van der Waals surface area contributed by atoms with E-state index in [-0.39, 0.29) is 37.0 Å². The number of nitrogens with zero attached hydrogens (tertiary/aromatic N) is 1. The van der Waals surface area contributed by atoms with Crippen LogP contribution in [0.1, 0.15) is 28.4 Å². The summed E-state index contributed by atoms with van der Waals surface area (Å²) in [5.41, 5.74) is 0.712. The number of carbonyl (C=O) groups is 1. The number of morpholine rings is 1. The van der Waals surface area contributed by atoms with E-state index in [4.69, 9.17) is 13.6 Å². The molecule has 0 spiro atoms. The Kier molecular flexibility index (Phi) is 2.71. The lowest BCUT2D eigenvalue weighted by Crippen LogP contribution is -2.48. The van der Waals surface area contributed by atoms with Crippen LogP contribution < -0.4 is 0 Å². The van der Waals surface area contributed by atoms with Gasteiger partial charge in [0.2, 0.25) is 0 Å². The zero-order valence-corrected chi connectivity index (χ0v) is 12.1. The molecule has 0 amide bonds. The predicted octanol–water partition coefficient (Wildman–Crippen LogP) is 0.918. The van der Waals surface area contributed by atoms with E-state index in [1.807, 2.05) is 18.2 Å². The first-order valence-electron chi connectivity index (χ1n) is 9.20. The number of epoxide rings is 1. The van der Waals surface area contributed by atoms with Crippen molar-refractivity contribution in [1.82, 2.24) is 4.90 Å². The number of rotatable bonds is 4. The zero-order valence-electron chi connectivity index (χ0n) is 15.1. The van der Waals surface area contributed by atoms with Crippen LogP contribution in [0.2, 0.25) is 0 Å². The molecule has 3 aliphatic heterocycles. The van der Waals surface area contributed by atoms with Crippen LogP contribution in [0.3, 0.4) is 0 Å². The predicted molar refractivity (Wildman–Crippen MR) is 79.4 cm³/mol. The smallest absolute Gasteiger partial charge is 0.316 e. The first-order valence-corrected chi connectivity index (χ1v) is 7.70. The van der Waals surface area contributed by atoms with Gasteiger partial charge >= 0.3 is 5.97 Å². The van der Waals surface area contributed by atoms with Crippen LogP contribution >= 0.6 is 0 Å². The Hall–Kier alpha value is -1.43. The second kappa shape index (κ2) is 5.33. The molecule has 5 heteroatoms. The molecule has 1 aromatic carbocycles. The topological polar surface area (TPSA) is 62.3 Å². The number of hydrogen-bond donors (Lipinski definition) is 1. The molecule has 0 saturated carbocycles. The quantitative estimate of drug-likeness (QED) is 0.662. The summed E-state index contributed by atoms with van der Waals surface area (Å²) in [4.78, 5) is 14.1. The molecule has 6 atom stereocenters. The van der Waals surface area contributed by atoms with Gasteiger partial charge in [0, 0.05) is 29.0 Å². The molecule has 5 nitrogen and oxygen atoms in total. The number of carbonyl (C=O) groups excluding carboxylic acids is 1. The van der Waals surface area contributed by atoms with E-state index >= 15 is 0 Å². The molecule has 2 bridgehead atoms. The number of aliphatic hydroxyl groups is 1.